The summed E-state index contributed by atoms with van der Waals surface area (Å²) >= 11 is 0. The molecule has 0 aliphatic carbocycles. The van der Waals surface area contributed by atoms with E-state index in [1.807, 2.05) is 18.2 Å². The zero-order valence-corrected chi connectivity index (χ0v) is 18.1. The number of hydrogen-bond donors (Lipinski definition) is 2. The third-order valence-corrected chi connectivity index (χ3v) is 5.86. The first-order valence-corrected chi connectivity index (χ1v) is 10.5. The smallest absolute Gasteiger partial charge is 0.221 e. The Bertz CT molecular complexity index is 974. The van der Waals surface area contributed by atoms with E-state index in [0.29, 0.717) is 12.3 Å². The number of carbonyl (C=O) groups is 1. The Morgan fingerprint density at radius 2 is 1.90 bits per heavy atom. The molecule has 0 spiro atoms. The van der Waals surface area contributed by atoms with Crippen molar-refractivity contribution < 1.29 is 9.53 Å². The average molecular weight is 393 g/mol. The Balaban J connectivity index is 2.02. The number of nitrogens with one attached hydrogen (secondary N) is 2. The van der Waals surface area contributed by atoms with Crippen LogP contribution in [0.25, 0.3) is 10.9 Å². The monoisotopic (exact) mass is 392 g/mol. The van der Waals surface area contributed by atoms with Crippen molar-refractivity contribution in [2.24, 2.45) is 5.92 Å². The first-order valence-electron chi connectivity index (χ1n) is 10.5. The number of rotatable bonds is 8. The topological polar surface area (TPSA) is 54.1 Å². The van der Waals surface area contributed by atoms with Gasteiger partial charge < -0.3 is 15.0 Å². The molecule has 2 atom stereocenters. The predicted octanol–water partition coefficient (Wildman–Crippen LogP) is 5.42. The van der Waals surface area contributed by atoms with Gasteiger partial charge in [0.25, 0.3) is 0 Å². The van der Waals surface area contributed by atoms with Crippen molar-refractivity contribution in [1.29, 1.82) is 0 Å². The lowest BCUT2D eigenvalue weighted by Gasteiger charge is -2.21. The number of aryl methyl sites for hydroxylation is 1. The molecule has 0 radical (unpaired) electrons. The van der Waals surface area contributed by atoms with Gasteiger partial charge in [0.05, 0.1) is 7.11 Å². The number of para-hydroxylation sites is 1. The van der Waals surface area contributed by atoms with Crippen molar-refractivity contribution in [1.82, 2.24) is 10.3 Å². The van der Waals surface area contributed by atoms with Gasteiger partial charge in [-0.25, -0.2) is 0 Å². The van der Waals surface area contributed by atoms with E-state index in [-0.39, 0.29) is 17.9 Å². The van der Waals surface area contributed by atoms with E-state index >= 15 is 0 Å². The van der Waals surface area contributed by atoms with Gasteiger partial charge in [-0.3, -0.25) is 4.79 Å². The first-order chi connectivity index (χ1) is 13.9. The fraction of sp³-hybridized carbons (Fsp3) is 0.400. The van der Waals surface area contributed by atoms with E-state index in [2.05, 4.69) is 68.5 Å². The van der Waals surface area contributed by atoms with Crippen LogP contribution >= 0.6 is 0 Å². The molecule has 4 nitrogen and oxygen atoms in total. The highest BCUT2D eigenvalue weighted by Gasteiger charge is 2.23. The summed E-state index contributed by atoms with van der Waals surface area (Å²) in [6.07, 6.45) is 3.42. The van der Waals surface area contributed by atoms with Crippen molar-refractivity contribution in [3.05, 3.63) is 65.4 Å². The van der Waals surface area contributed by atoms with E-state index in [1.54, 1.807) is 7.11 Å². The quantitative estimate of drug-likeness (QED) is 0.538. The molecule has 0 saturated heterocycles. The van der Waals surface area contributed by atoms with E-state index in [9.17, 15) is 4.79 Å². The second kappa shape index (κ2) is 9.17. The third kappa shape index (κ3) is 4.64. The lowest BCUT2D eigenvalue weighted by molar-refractivity contribution is -0.122. The summed E-state index contributed by atoms with van der Waals surface area (Å²) in [6.45, 7) is 8.46. The van der Waals surface area contributed by atoms with Gasteiger partial charge in [-0.1, -0.05) is 51.1 Å². The Hall–Kier alpha value is -2.75. The molecule has 29 heavy (non-hydrogen) atoms. The van der Waals surface area contributed by atoms with Gasteiger partial charge in [-0.15, -0.1) is 0 Å². The van der Waals surface area contributed by atoms with E-state index in [1.165, 1.54) is 10.9 Å². The standard InChI is InChI=1S/C25H32N2O2/c1-6-18-9-8-12-21-23(15-26-25(18)21)22(14-24(28)27-17(4)16(2)3)19-10-7-11-20(13-19)29-5/h7-13,15-17,22,26H,6,14H2,1-5H3,(H,27,28)/t17-,22-/m0/s1. The summed E-state index contributed by atoms with van der Waals surface area (Å²) in [5, 5.41) is 4.34. The highest BCUT2D eigenvalue weighted by Crippen LogP contribution is 2.35. The summed E-state index contributed by atoms with van der Waals surface area (Å²) in [7, 11) is 1.67. The largest absolute Gasteiger partial charge is 0.497 e. The molecular formula is C25H32N2O2. The Morgan fingerprint density at radius 3 is 2.59 bits per heavy atom. The summed E-state index contributed by atoms with van der Waals surface area (Å²) in [4.78, 5) is 16.4. The highest BCUT2D eigenvalue weighted by atomic mass is 16.5. The maximum Gasteiger partial charge on any atom is 0.221 e. The number of amides is 1. The lowest BCUT2D eigenvalue weighted by atomic mass is 9.87. The predicted molar refractivity (Wildman–Crippen MR) is 120 cm³/mol. The van der Waals surface area contributed by atoms with Crippen LogP contribution in [-0.4, -0.2) is 24.0 Å². The van der Waals surface area contributed by atoms with Crippen LogP contribution in [0.15, 0.2) is 48.7 Å². The minimum absolute atomic E-state index is 0.0506. The molecule has 0 bridgehead atoms. The van der Waals surface area contributed by atoms with Crippen LogP contribution in [0.1, 0.15) is 56.7 Å². The average Bonchev–Trinajstić information content (AvgIpc) is 3.15. The number of ether oxygens (including phenoxy) is 1. The molecule has 0 fully saturated rings. The van der Waals surface area contributed by atoms with Crippen molar-refractivity contribution in [2.75, 3.05) is 7.11 Å². The van der Waals surface area contributed by atoms with Crippen molar-refractivity contribution >= 4 is 16.8 Å². The summed E-state index contributed by atoms with van der Waals surface area (Å²) in [5.41, 5.74) is 4.68. The van der Waals surface area contributed by atoms with Crippen LogP contribution in [0.2, 0.25) is 0 Å². The zero-order valence-electron chi connectivity index (χ0n) is 18.1. The van der Waals surface area contributed by atoms with Crippen LogP contribution < -0.4 is 10.1 Å². The molecule has 0 unspecified atom stereocenters. The number of hydrogen-bond acceptors (Lipinski definition) is 2. The summed E-state index contributed by atoms with van der Waals surface area (Å²) in [6, 6.07) is 14.6. The molecule has 0 aliphatic heterocycles. The molecule has 0 aliphatic rings. The molecule has 1 heterocycles. The van der Waals surface area contributed by atoms with Crippen LogP contribution in [0.3, 0.4) is 0 Å². The van der Waals surface area contributed by atoms with E-state index in [4.69, 9.17) is 4.74 Å². The number of methoxy groups -OCH3 is 1. The maximum atomic E-state index is 12.9. The lowest BCUT2D eigenvalue weighted by Crippen LogP contribution is -2.36. The minimum Gasteiger partial charge on any atom is -0.497 e. The van der Waals surface area contributed by atoms with Crippen LogP contribution in [-0.2, 0) is 11.2 Å². The Kier molecular flexibility index (Phi) is 6.63. The molecule has 1 aromatic heterocycles. The fourth-order valence-corrected chi connectivity index (χ4v) is 3.75. The van der Waals surface area contributed by atoms with Crippen molar-refractivity contribution in [3.8, 4) is 5.75 Å². The van der Waals surface area contributed by atoms with Gasteiger partial charge in [-0.2, -0.15) is 0 Å². The van der Waals surface area contributed by atoms with Gasteiger partial charge in [0.2, 0.25) is 5.91 Å². The van der Waals surface area contributed by atoms with Gasteiger partial charge in [-0.05, 0) is 48.1 Å². The van der Waals surface area contributed by atoms with Gasteiger partial charge in [0.15, 0.2) is 0 Å². The van der Waals surface area contributed by atoms with Gasteiger partial charge >= 0.3 is 0 Å². The van der Waals surface area contributed by atoms with Crippen molar-refractivity contribution in [2.45, 2.75) is 52.5 Å². The SMILES string of the molecule is CCc1cccc2c([C@@H](CC(=O)N[C@@H](C)C(C)C)c3cccc(OC)c3)c[nH]c12. The minimum atomic E-state index is -0.0506. The molecule has 1 amide bonds. The summed E-state index contributed by atoms with van der Waals surface area (Å²) in [5.74, 6) is 1.22. The molecule has 2 aromatic carbocycles. The molecule has 2 N–H and O–H groups in total. The molecule has 3 rings (SSSR count). The number of benzene rings is 2. The number of H-pyrrole nitrogens is 1. The molecule has 154 valence electrons. The fourth-order valence-electron chi connectivity index (χ4n) is 3.75. The first kappa shape index (κ1) is 21.0. The molecule has 0 saturated carbocycles. The molecule has 3 aromatic rings. The van der Waals surface area contributed by atoms with Crippen LogP contribution in [0.4, 0.5) is 0 Å². The number of aromatic nitrogens is 1. The second-order valence-electron chi connectivity index (χ2n) is 8.07. The third-order valence-electron chi connectivity index (χ3n) is 5.86. The molecule has 4 heteroatoms. The highest BCUT2D eigenvalue weighted by molar-refractivity contribution is 5.88. The van der Waals surface area contributed by atoms with Crippen molar-refractivity contribution in [3.63, 3.8) is 0 Å². The van der Waals surface area contributed by atoms with Gasteiger partial charge in [0, 0.05) is 35.5 Å². The van der Waals surface area contributed by atoms with Crippen LogP contribution in [0.5, 0.6) is 5.75 Å². The van der Waals surface area contributed by atoms with Gasteiger partial charge in [0.1, 0.15) is 5.75 Å². The number of aromatic amines is 1. The number of carbonyl (C=O) groups excluding carboxylic acids is 1. The van der Waals surface area contributed by atoms with E-state index < -0.39 is 0 Å². The maximum absolute atomic E-state index is 12.9. The summed E-state index contributed by atoms with van der Waals surface area (Å²) < 4.78 is 5.44. The molecular weight excluding hydrogens is 360 g/mol. The Labute approximate surface area is 173 Å². The Morgan fingerprint density at radius 1 is 1.14 bits per heavy atom. The zero-order chi connectivity index (χ0) is 21.0. The normalized spacial score (nSPS) is 13.4. The second-order valence-corrected chi connectivity index (χ2v) is 8.07. The van der Waals surface area contributed by atoms with E-state index in [0.717, 1.165) is 28.8 Å². The number of fused-ring (bicyclic) bond motifs is 1. The van der Waals surface area contributed by atoms with Crippen LogP contribution in [0, 0.1) is 5.92 Å².